The molecule has 7 nitrogen and oxygen atoms in total. The Balaban J connectivity index is 1.33. The number of amides is 1. The molecule has 3 aromatic rings. The van der Waals surface area contributed by atoms with E-state index in [1.54, 1.807) is 32.4 Å². The number of nitrogens with one attached hydrogen (secondary N) is 1. The highest BCUT2D eigenvalue weighted by Gasteiger charge is 2.19. The molecule has 172 valence electrons. The fourth-order valence-electron chi connectivity index (χ4n) is 4.16. The molecule has 3 aromatic carbocycles. The van der Waals surface area contributed by atoms with Crippen LogP contribution in [0.15, 0.2) is 54.6 Å². The third kappa shape index (κ3) is 5.21. The van der Waals surface area contributed by atoms with E-state index in [1.165, 1.54) is 16.7 Å². The summed E-state index contributed by atoms with van der Waals surface area (Å²) in [5.74, 6) is 1.31. The van der Waals surface area contributed by atoms with E-state index in [4.69, 9.17) is 20.9 Å². The van der Waals surface area contributed by atoms with E-state index in [9.17, 15) is 4.79 Å². The van der Waals surface area contributed by atoms with Gasteiger partial charge < -0.3 is 26.3 Å². The van der Waals surface area contributed by atoms with Crippen molar-refractivity contribution in [3.8, 4) is 11.5 Å². The van der Waals surface area contributed by atoms with Crippen molar-refractivity contribution in [2.24, 2.45) is 0 Å². The van der Waals surface area contributed by atoms with Gasteiger partial charge in [-0.25, -0.2) is 0 Å². The number of methoxy groups -OCH3 is 2. The van der Waals surface area contributed by atoms with Gasteiger partial charge in [-0.3, -0.25) is 9.69 Å². The molecule has 0 spiro atoms. The molecule has 4 rings (SSSR count). The molecular formula is C26H30N4O3. The van der Waals surface area contributed by atoms with E-state index in [-0.39, 0.29) is 5.91 Å². The molecule has 33 heavy (non-hydrogen) atoms. The SMILES string of the molecule is COc1cc2c(cc1OC)CN(CCc1ccc(NC(=O)c3ccc(N)cc3N)cc1)CC2. The minimum atomic E-state index is -0.251. The summed E-state index contributed by atoms with van der Waals surface area (Å²) in [7, 11) is 3.34. The smallest absolute Gasteiger partial charge is 0.257 e. The minimum Gasteiger partial charge on any atom is -0.493 e. The van der Waals surface area contributed by atoms with Crippen molar-refractivity contribution in [3.05, 3.63) is 76.9 Å². The Morgan fingerprint density at radius 3 is 2.33 bits per heavy atom. The zero-order valence-corrected chi connectivity index (χ0v) is 19.1. The molecule has 1 aliphatic heterocycles. The topological polar surface area (TPSA) is 103 Å². The average molecular weight is 447 g/mol. The normalized spacial score (nSPS) is 13.3. The number of carbonyl (C=O) groups excluding carboxylic acids is 1. The Kier molecular flexibility index (Phi) is 6.70. The van der Waals surface area contributed by atoms with Gasteiger partial charge in [0.05, 0.1) is 19.8 Å². The first-order valence-electron chi connectivity index (χ1n) is 11.0. The van der Waals surface area contributed by atoms with E-state index in [1.807, 2.05) is 24.3 Å². The summed E-state index contributed by atoms with van der Waals surface area (Å²) in [5.41, 5.74) is 17.5. The highest BCUT2D eigenvalue weighted by molar-refractivity contribution is 6.08. The highest BCUT2D eigenvalue weighted by Crippen LogP contribution is 2.33. The van der Waals surface area contributed by atoms with Crippen molar-refractivity contribution >= 4 is 23.0 Å². The molecule has 0 radical (unpaired) electrons. The monoisotopic (exact) mass is 446 g/mol. The molecule has 1 amide bonds. The van der Waals surface area contributed by atoms with Crippen molar-refractivity contribution in [1.29, 1.82) is 0 Å². The van der Waals surface area contributed by atoms with Crippen LogP contribution >= 0.6 is 0 Å². The first kappa shape index (κ1) is 22.5. The lowest BCUT2D eigenvalue weighted by Gasteiger charge is -2.29. The van der Waals surface area contributed by atoms with Crippen LogP contribution in [0.3, 0.4) is 0 Å². The van der Waals surface area contributed by atoms with E-state index >= 15 is 0 Å². The van der Waals surface area contributed by atoms with Gasteiger partial charge in [0, 0.05) is 36.7 Å². The van der Waals surface area contributed by atoms with Crippen LogP contribution in [0.4, 0.5) is 17.1 Å². The first-order chi connectivity index (χ1) is 16.0. The predicted octanol–water partition coefficient (Wildman–Crippen LogP) is 3.72. The van der Waals surface area contributed by atoms with Gasteiger partial charge >= 0.3 is 0 Å². The minimum absolute atomic E-state index is 0.251. The largest absolute Gasteiger partial charge is 0.493 e. The van der Waals surface area contributed by atoms with Crippen molar-refractivity contribution in [2.75, 3.05) is 44.1 Å². The highest BCUT2D eigenvalue weighted by atomic mass is 16.5. The van der Waals surface area contributed by atoms with E-state index in [2.05, 4.69) is 22.3 Å². The van der Waals surface area contributed by atoms with Crippen LogP contribution in [0.25, 0.3) is 0 Å². The molecule has 0 unspecified atom stereocenters. The number of anilines is 3. The van der Waals surface area contributed by atoms with E-state index in [0.29, 0.717) is 16.9 Å². The Labute approximate surface area is 194 Å². The molecule has 1 aliphatic rings. The molecule has 1 heterocycles. The van der Waals surface area contributed by atoms with Gasteiger partial charge in [-0.05, 0) is 72.0 Å². The zero-order chi connectivity index (χ0) is 23.4. The number of nitrogens with zero attached hydrogens (tertiary/aromatic N) is 1. The van der Waals surface area contributed by atoms with E-state index in [0.717, 1.165) is 49.7 Å². The second kappa shape index (κ2) is 9.83. The predicted molar refractivity (Wildman–Crippen MR) is 132 cm³/mol. The van der Waals surface area contributed by atoms with Crippen LogP contribution in [0.2, 0.25) is 0 Å². The van der Waals surface area contributed by atoms with Crippen LogP contribution in [0, 0.1) is 0 Å². The number of hydrogen-bond acceptors (Lipinski definition) is 6. The quantitative estimate of drug-likeness (QED) is 0.478. The lowest BCUT2D eigenvalue weighted by Crippen LogP contribution is -2.32. The molecule has 0 aliphatic carbocycles. The van der Waals surface area contributed by atoms with Gasteiger partial charge in [0.15, 0.2) is 11.5 Å². The number of carbonyl (C=O) groups is 1. The van der Waals surface area contributed by atoms with Crippen molar-refractivity contribution in [2.45, 2.75) is 19.4 Å². The van der Waals surface area contributed by atoms with Crippen LogP contribution < -0.4 is 26.3 Å². The third-order valence-corrected chi connectivity index (χ3v) is 6.05. The van der Waals surface area contributed by atoms with Crippen LogP contribution in [0.5, 0.6) is 11.5 Å². The number of benzene rings is 3. The van der Waals surface area contributed by atoms with Gasteiger partial charge in [-0.2, -0.15) is 0 Å². The maximum Gasteiger partial charge on any atom is 0.257 e. The van der Waals surface area contributed by atoms with Crippen LogP contribution in [0.1, 0.15) is 27.0 Å². The number of ether oxygens (including phenoxy) is 2. The maximum atomic E-state index is 12.5. The van der Waals surface area contributed by atoms with Gasteiger partial charge in [-0.1, -0.05) is 12.1 Å². The molecule has 0 bridgehead atoms. The second-order valence-corrected chi connectivity index (χ2v) is 8.25. The molecule has 0 fully saturated rings. The van der Waals surface area contributed by atoms with Crippen molar-refractivity contribution < 1.29 is 14.3 Å². The van der Waals surface area contributed by atoms with Gasteiger partial charge in [0.1, 0.15) is 0 Å². The fraction of sp³-hybridized carbons (Fsp3) is 0.269. The summed E-state index contributed by atoms with van der Waals surface area (Å²) in [4.78, 5) is 14.9. The summed E-state index contributed by atoms with van der Waals surface area (Å²) in [6.45, 7) is 2.87. The summed E-state index contributed by atoms with van der Waals surface area (Å²) in [6.07, 6.45) is 1.93. The second-order valence-electron chi connectivity index (χ2n) is 8.25. The molecular weight excluding hydrogens is 416 g/mol. The zero-order valence-electron chi connectivity index (χ0n) is 19.1. The Morgan fingerprint density at radius 2 is 1.67 bits per heavy atom. The standard InChI is InChI=1S/C26H30N4O3/c1-32-24-13-18-10-12-30(16-19(18)14-25(24)33-2)11-9-17-3-6-21(7-4-17)29-26(31)22-8-5-20(27)15-23(22)28/h3-8,13-15H,9-12,16,27-28H2,1-2H3,(H,29,31). The molecule has 0 aromatic heterocycles. The average Bonchev–Trinajstić information content (AvgIpc) is 2.82. The molecule has 7 heteroatoms. The van der Waals surface area contributed by atoms with Gasteiger partial charge in [0.2, 0.25) is 0 Å². The summed E-state index contributed by atoms with van der Waals surface area (Å²) in [5, 5.41) is 2.89. The first-order valence-corrected chi connectivity index (χ1v) is 11.0. The molecule has 0 saturated heterocycles. The van der Waals surface area contributed by atoms with Crippen molar-refractivity contribution in [1.82, 2.24) is 4.90 Å². The number of hydrogen-bond donors (Lipinski definition) is 3. The van der Waals surface area contributed by atoms with Gasteiger partial charge in [0.25, 0.3) is 5.91 Å². The summed E-state index contributed by atoms with van der Waals surface area (Å²) < 4.78 is 10.9. The summed E-state index contributed by atoms with van der Waals surface area (Å²) >= 11 is 0. The van der Waals surface area contributed by atoms with Crippen LogP contribution in [-0.4, -0.2) is 38.1 Å². The third-order valence-electron chi connectivity index (χ3n) is 6.05. The number of nitrogen functional groups attached to an aromatic ring is 2. The molecule has 5 N–H and O–H groups in total. The Bertz CT molecular complexity index is 1150. The fourth-order valence-corrected chi connectivity index (χ4v) is 4.16. The summed E-state index contributed by atoms with van der Waals surface area (Å²) in [6, 6.07) is 17.0. The maximum absolute atomic E-state index is 12.5. The number of rotatable bonds is 7. The molecule has 0 saturated carbocycles. The Hall–Kier alpha value is -3.71. The van der Waals surface area contributed by atoms with Gasteiger partial charge in [-0.15, -0.1) is 0 Å². The molecule has 0 atom stereocenters. The Morgan fingerprint density at radius 1 is 0.970 bits per heavy atom. The van der Waals surface area contributed by atoms with Crippen molar-refractivity contribution in [3.63, 3.8) is 0 Å². The van der Waals surface area contributed by atoms with E-state index < -0.39 is 0 Å². The van der Waals surface area contributed by atoms with Crippen LogP contribution in [-0.2, 0) is 19.4 Å². The lowest BCUT2D eigenvalue weighted by atomic mass is 9.98. The number of fused-ring (bicyclic) bond motifs is 1. The lowest BCUT2D eigenvalue weighted by molar-refractivity contribution is 0.102. The number of nitrogens with two attached hydrogens (primary N) is 2.